The van der Waals surface area contributed by atoms with Crippen molar-refractivity contribution >= 4 is 5.91 Å². The molecule has 0 saturated carbocycles. The minimum atomic E-state index is 0.0337. The first-order valence-electron chi connectivity index (χ1n) is 5.79. The predicted molar refractivity (Wildman–Crippen MR) is 63.6 cm³/mol. The predicted octanol–water partition coefficient (Wildman–Crippen LogP) is 2.96. The van der Waals surface area contributed by atoms with Crippen LogP contribution in [0.5, 0.6) is 0 Å². The van der Waals surface area contributed by atoms with Gasteiger partial charge in [0.05, 0.1) is 0 Å². The Balaban J connectivity index is 2.18. The lowest BCUT2D eigenvalue weighted by Crippen LogP contribution is -2.22. The monoisotopic (exact) mass is 207 g/mol. The van der Waals surface area contributed by atoms with Crippen molar-refractivity contribution < 1.29 is 4.79 Å². The molecular weight excluding hydrogens is 186 g/mol. The normalized spacial score (nSPS) is 15.5. The summed E-state index contributed by atoms with van der Waals surface area (Å²) in [5, 5.41) is 2.91. The highest BCUT2D eigenvalue weighted by Crippen LogP contribution is 2.19. The molecule has 2 nitrogen and oxygen atoms in total. The molecular formula is C13H21NO. The molecule has 0 heterocycles. The van der Waals surface area contributed by atoms with Gasteiger partial charge >= 0.3 is 0 Å². The molecule has 15 heavy (non-hydrogen) atoms. The summed E-state index contributed by atoms with van der Waals surface area (Å²) in [7, 11) is 0. The van der Waals surface area contributed by atoms with Crippen LogP contribution in [0.3, 0.4) is 0 Å². The first kappa shape index (κ1) is 12.0. The molecule has 0 aromatic rings. The maximum atomic E-state index is 11.3. The van der Waals surface area contributed by atoms with Crippen LogP contribution in [0.4, 0.5) is 0 Å². The topological polar surface area (TPSA) is 29.1 Å². The molecule has 2 heteroatoms. The molecule has 1 amide bonds. The third kappa shape index (κ3) is 5.40. The first-order chi connectivity index (χ1) is 7.18. The summed E-state index contributed by atoms with van der Waals surface area (Å²) in [5.41, 5.74) is 2.56. The molecule has 0 atom stereocenters. The average Bonchev–Trinajstić information content (AvgIpc) is 2.18. The fourth-order valence-corrected chi connectivity index (χ4v) is 1.79. The molecule has 1 aliphatic rings. The third-order valence-electron chi connectivity index (χ3n) is 2.55. The van der Waals surface area contributed by atoms with Crippen LogP contribution in [-0.4, -0.2) is 12.5 Å². The fraction of sp³-hybridized carbons (Fsp3) is 0.615. The van der Waals surface area contributed by atoms with Gasteiger partial charge in [0, 0.05) is 12.6 Å². The zero-order chi connectivity index (χ0) is 11.1. The van der Waals surface area contributed by atoms with Gasteiger partial charge in [-0.25, -0.2) is 0 Å². The van der Waals surface area contributed by atoms with Gasteiger partial charge in [-0.1, -0.05) is 17.2 Å². The molecule has 1 aliphatic carbocycles. The number of allylic oxidation sites excluding steroid dienone is 2. The van der Waals surface area contributed by atoms with Crippen LogP contribution in [0.25, 0.3) is 0 Å². The third-order valence-corrected chi connectivity index (χ3v) is 2.55. The van der Waals surface area contributed by atoms with Crippen LogP contribution < -0.4 is 5.32 Å². The van der Waals surface area contributed by atoms with Crippen molar-refractivity contribution in [3.05, 3.63) is 23.3 Å². The Kier molecular flexibility index (Phi) is 5.16. The van der Waals surface area contributed by atoms with E-state index in [1.165, 1.54) is 31.3 Å². The summed E-state index contributed by atoms with van der Waals surface area (Å²) in [4.78, 5) is 11.3. The molecule has 0 bridgehead atoms. The van der Waals surface area contributed by atoms with Crippen LogP contribution in [0.15, 0.2) is 23.3 Å². The lowest BCUT2D eigenvalue weighted by molar-refractivity contribution is -0.116. The van der Waals surface area contributed by atoms with E-state index in [0.29, 0.717) is 0 Å². The maximum absolute atomic E-state index is 11.3. The van der Waals surface area contributed by atoms with Crippen molar-refractivity contribution in [2.75, 3.05) is 6.54 Å². The van der Waals surface area contributed by atoms with Gasteiger partial charge in [0.25, 0.3) is 0 Å². The molecule has 0 fully saturated rings. The van der Waals surface area contributed by atoms with E-state index in [4.69, 9.17) is 0 Å². The van der Waals surface area contributed by atoms with Crippen molar-refractivity contribution in [3.8, 4) is 0 Å². The SMILES string of the molecule is CC(C)=CC(=O)NCCC1=CCCCC1. The van der Waals surface area contributed by atoms with E-state index in [2.05, 4.69) is 11.4 Å². The van der Waals surface area contributed by atoms with E-state index in [1.807, 2.05) is 13.8 Å². The first-order valence-corrected chi connectivity index (χ1v) is 5.79. The fourth-order valence-electron chi connectivity index (χ4n) is 1.79. The number of rotatable bonds is 4. The van der Waals surface area contributed by atoms with Crippen molar-refractivity contribution in [3.63, 3.8) is 0 Å². The van der Waals surface area contributed by atoms with E-state index in [0.717, 1.165) is 18.5 Å². The molecule has 84 valence electrons. The zero-order valence-corrected chi connectivity index (χ0v) is 9.81. The number of nitrogens with one attached hydrogen (secondary N) is 1. The zero-order valence-electron chi connectivity index (χ0n) is 9.81. The number of carbonyl (C=O) groups excluding carboxylic acids is 1. The van der Waals surface area contributed by atoms with Crippen molar-refractivity contribution in [2.24, 2.45) is 0 Å². The number of carbonyl (C=O) groups is 1. The highest BCUT2D eigenvalue weighted by Gasteiger charge is 2.03. The van der Waals surface area contributed by atoms with Crippen molar-refractivity contribution in [1.29, 1.82) is 0 Å². The Labute approximate surface area is 92.4 Å². The molecule has 1 rings (SSSR count). The van der Waals surface area contributed by atoms with E-state index in [-0.39, 0.29) is 5.91 Å². The van der Waals surface area contributed by atoms with Crippen LogP contribution in [0.1, 0.15) is 46.0 Å². The maximum Gasteiger partial charge on any atom is 0.243 e. The lowest BCUT2D eigenvalue weighted by atomic mass is 9.97. The summed E-state index contributed by atoms with van der Waals surface area (Å²) in [6.45, 7) is 4.64. The number of hydrogen-bond donors (Lipinski definition) is 1. The Morgan fingerprint density at radius 2 is 2.27 bits per heavy atom. The second kappa shape index (κ2) is 6.44. The Bertz CT molecular complexity index is 272. The minimum Gasteiger partial charge on any atom is -0.352 e. The van der Waals surface area contributed by atoms with Gasteiger partial charge in [0.1, 0.15) is 0 Å². The second-order valence-electron chi connectivity index (χ2n) is 4.37. The van der Waals surface area contributed by atoms with E-state index in [9.17, 15) is 4.79 Å². The van der Waals surface area contributed by atoms with Crippen LogP contribution in [0, 0.1) is 0 Å². The van der Waals surface area contributed by atoms with Gasteiger partial charge in [-0.15, -0.1) is 0 Å². The highest BCUT2D eigenvalue weighted by atomic mass is 16.1. The highest BCUT2D eigenvalue weighted by molar-refractivity contribution is 5.87. The largest absolute Gasteiger partial charge is 0.352 e. The summed E-state index contributed by atoms with van der Waals surface area (Å²) in [6.07, 6.45) is 10.1. The standard InChI is InChI=1S/C13H21NO/c1-11(2)10-13(15)14-9-8-12-6-4-3-5-7-12/h6,10H,3-5,7-9H2,1-2H3,(H,14,15). The Morgan fingerprint density at radius 3 is 2.87 bits per heavy atom. The number of amides is 1. The van der Waals surface area contributed by atoms with Crippen LogP contribution in [-0.2, 0) is 4.79 Å². The molecule has 0 aromatic carbocycles. The van der Waals surface area contributed by atoms with E-state index >= 15 is 0 Å². The van der Waals surface area contributed by atoms with Gasteiger partial charge in [-0.2, -0.15) is 0 Å². The van der Waals surface area contributed by atoms with Gasteiger partial charge in [0.15, 0.2) is 0 Å². The molecule has 1 N–H and O–H groups in total. The van der Waals surface area contributed by atoms with Crippen LogP contribution in [0.2, 0.25) is 0 Å². The molecule has 0 aliphatic heterocycles. The smallest absolute Gasteiger partial charge is 0.243 e. The minimum absolute atomic E-state index is 0.0337. The molecule has 0 aromatic heterocycles. The molecule has 0 spiro atoms. The lowest BCUT2D eigenvalue weighted by Gasteiger charge is -2.12. The van der Waals surface area contributed by atoms with E-state index in [1.54, 1.807) is 6.08 Å². The average molecular weight is 207 g/mol. The van der Waals surface area contributed by atoms with Gasteiger partial charge in [-0.3, -0.25) is 4.79 Å². The van der Waals surface area contributed by atoms with Crippen LogP contribution >= 0.6 is 0 Å². The summed E-state index contributed by atoms with van der Waals surface area (Å²) in [5.74, 6) is 0.0337. The van der Waals surface area contributed by atoms with Gasteiger partial charge in [0.2, 0.25) is 5.91 Å². The number of hydrogen-bond acceptors (Lipinski definition) is 1. The summed E-state index contributed by atoms with van der Waals surface area (Å²) in [6, 6.07) is 0. The summed E-state index contributed by atoms with van der Waals surface area (Å²) >= 11 is 0. The van der Waals surface area contributed by atoms with Crippen molar-refractivity contribution in [1.82, 2.24) is 5.32 Å². The molecule has 0 saturated heterocycles. The molecule has 0 radical (unpaired) electrons. The van der Waals surface area contributed by atoms with Gasteiger partial charge in [-0.05, 0) is 46.0 Å². The summed E-state index contributed by atoms with van der Waals surface area (Å²) < 4.78 is 0. The Morgan fingerprint density at radius 1 is 1.47 bits per heavy atom. The quantitative estimate of drug-likeness (QED) is 0.557. The van der Waals surface area contributed by atoms with Gasteiger partial charge < -0.3 is 5.32 Å². The van der Waals surface area contributed by atoms with Crippen molar-refractivity contribution in [2.45, 2.75) is 46.0 Å². The Hall–Kier alpha value is -1.05. The second-order valence-corrected chi connectivity index (χ2v) is 4.37. The van der Waals surface area contributed by atoms with E-state index < -0.39 is 0 Å². The molecule has 0 unspecified atom stereocenters.